The molecular weight excluding hydrogens is 590 g/mol. The summed E-state index contributed by atoms with van der Waals surface area (Å²) < 4.78 is 4.64. The number of imidazole rings is 2. The lowest BCUT2D eigenvalue weighted by Crippen LogP contribution is -2.45. The summed E-state index contributed by atoms with van der Waals surface area (Å²) in [5.74, 6) is 2.03. The predicted octanol–water partition coefficient (Wildman–Crippen LogP) is 6.54. The molecule has 1 aliphatic carbocycles. The molecule has 3 heterocycles. The van der Waals surface area contributed by atoms with Gasteiger partial charge in [-0.1, -0.05) is 55.5 Å². The second-order valence-electron chi connectivity index (χ2n) is 12.8. The number of aromatic nitrogens is 4. The van der Waals surface area contributed by atoms with Gasteiger partial charge in [-0.25, -0.2) is 14.8 Å². The van der Waals surface area contributed by atoms with Crippen LogP contribution >= 0.6 is 0 Å². The number of nitrogens with zero attached hydrogens (tertiary/aromatic N) is 4. The first-order valence-corrected chi connectivity index (χ1v) is 16.5. The maximum Gasteiger partial charge on any atom is 0.407 e. The molecule has 242 valence electrons. The van der Waals surface area contributed by atoms with E-state index in [4.69, 9.17) is 4.98 Å². The number of hydrogen-bond donors (Lipinski definition) is 3. The van der Waals surface area contributed by atoms with Gasteiger partial charge in [0.15, 0.2) is 0 Å². The van der Waals surface area contributed by atoms with Gasteiger partial charge in [0.1, 0.15) is 18.2 Å². The van der Waals surface area contributed by atoms with Gasteiger partial charge in [-0.15, -0.1) is 0 Å². The fourth-order valence-electron chi connectivity index (χ4n) is 7.38. The molecule has 5 aromatic rings. The summed E-state index contributed by atoms with van der Waals surface area (Å²) in [4.78, 5) is 45.2. The Morgan fingerprint density at radius 1 is 0.915 bits per heavy atom. The Balaban J connectivity index is 1.06. The number of carbonyl (C=O) groups excluding carboxylic acids is 2. The van der Waals surface area contributed by atoms with Crippen molar-refractivity contribution in [1.29, 1.82) is 0 Å². The van der Waals surface area contributed by atoms with Crippen molar-refractivity contribution in [2.45, 2.75) is 51.2 Å². The summed E-state index contributed by atoms with van der Waals surface area (Å²) in [5, 5.41) is 4.83. The maximum absolute atomic E-state index is 13.1. The van der Waals surface area contributed by atoms with Gasteiger partial charge in [-0.2, -0.15) is 0 Å². The molecule has 2 bridgehead atoms. The number of carbonyl (C=O) groups is 2. The van der Waals surface area contributed by atoms with Crippen LogP contribution in [0.25, 0.3) is 44.4 Å². The Kier molecular flexibility index (Phi) is 8.51. The number of ether oxygens (including phenoxy) is 1. The number of methoxy groups -OCH3 is 1. The average Bonchev–Trinajstić information content (AvgIpc) is 3.92. The molecule has 0 spiro atoms. The zero-order valence-corrected chi connectivity index (χ0v) is 27.1. The average molecular weight is 632 g/mol. The van der Waals surface area contributed by atoms with E-state index in [1.165, 1.54) is 7.11 Å². The lowest BCUT2D eigenvalue weighted by molar-refractivity contribution is -0.134. The molecule has 3 N–H and O–H groups in total. The lowest BCUT2D eigenvalue weighted by Gasteiger charge is -2.34. The van der Waals surface area contributed by atoms with E-state index < -0.39 is 6.09 Å². The number of amides is 2. The van der Waals surface area contributed by atoms with Crippen LogP contribution in [0.15, 0.2) is 73.1 Å². The number of rotatable bonds is 10. The van der Waals surface area contributed by atoms with E-state index in [9.17, 15) is 9.59 Å². The van der Waals surface area contributed by atoms with E-state index >= 15 is 0 Å². The highest BCUT2D eigenvalue weighted by atomic mass is 16.5. The number of hydrogen-bond acceptors (Lipinski definition) is 6. The number of likely N-dealkylation sites (tertiary alicyclic amines) is 1. The molecule has 1 aliphatic heterocycles. The molecule has 47 heavy (non-hydrogen) atoms. The smallest absolute Gasteiger partial charge is 0.407 e. The van der Waals surface area contributed by atoms with Crippen molar-refractivity contribution < 1.29 is 14.3 Å². The van der Waals surface area contributed by atoms with Gasteiger partial charge < -0.3 is 24.9 Å². The van der Waals surface area contributed by atoms with Crippen molar-refractivity contribution in [3.8, 4) is 33.6 Å². The summed E-state index contributed by atoms with van der Waals surface area (Å²) >= 11 is 0. The summed E-state index contributed by atoms with van der Waals surface area (Å²) in [6.07, 6.45) is 7.31. The van der Waals surface area contributed by atoms with Crippen LogP contribution in [0.5, 0.6) is 0 Å². The van der Waals surface area contributed by atoms with Gasteiger partial charge in [0.05, 0.1) is 43.5 Å². The summed E-state index contributed by atoms with van der Waals surface area (Å²) in [7, 11) is 3.41. The normalized spacial score (nSPS) is 18.7. The Hall–Kier alpha value is -4.96. The van der Waals surface area contributed by atoms with Gasteiger partial charge in [0, 0.05) is 11.6 Å². The third kappa shape index (κ3) is 6.25. The van der Waals surface area contributed by atoms with Crippen LogP contribution in [0.2, 0.25) is 0 Å². The molecule has 3 atom stereocenters. The minimum absolute atomic E-state index is 0.0843. The SMILES string of the molecule is CCCN(C)Cc1ncc(-c2ccc(-c3ccc4cc(-c5cnc([C@@H]6[C@H]7CC[C@H](C7)N6C(=O)CNC(=O)OC)[nH]5)ccc4c3)cc2)[nH]1. The van der Waals surface area contributed by atoms with Gasteiger partial charge >= 0.3 is 6.09 Å². The Labute approximate surface area is 274 Å². The van der Waals surface area contributed by atoms with E-state index in [2.05, 4.69) is 105 Å². The zero-order chi connectivity index (χ0) is 32.5. The third-order valence-corrected chi connectivity index (χ3v) is 9.65. The second-order valence-corrected chi connectivity index (χ2v) is 12.8. The molecule has 2 fully saturated rings. The second kappa shape index (κ2) is 13.0. The highest BCUT2D eigenvalue weighted by molar-refractivity contribution is 5.90. The quantitative estimate of drug-likeness (QED) is 0.161. The van der Waals surface area contributed by atoms with Crippen LogP contribution in [-0.4, -0.2) is 75.0 Å². The molecular formula is C37H41N7O3. The molecule has 2 aliphatic rings. The molecule has 10 heteroatoms. The van der Waals surface area contributed by atoms with Crippen molar-refractivity contribution in [2.24, 2.45) is 5.92 Å². The number of nitrogens with one attached hydrogen (secondary N) is 3. The molecule has 3 aromatic carbocycles. The largest absolute Gasteiger partial charge is 0.453 e. The summed E-state index contributed by atoms with van der Waals surface area (Å²) in [5.41, 5.74) is 6.43. The molecule has 0 unspecified atom stereocenters. The fourth-order valence-corrected chi connectivity index (χ4v) is 7.38. The van der Waals surface area contributed by atoms with Crippen molar-refractivity contribution in [3.63, 3.8) is 0 Å². The number of piperidine rings is 1. The van der Waals surface area contributed by atoms with Crippen LogP contribution in [0.1, 0.15) is 50.3 Å². The molecule has 10 nitrogen and oxygen atoms in total. The van der Waals surface area contributed by atoms with Crippen molar-refractivity contribution >= 4 is 22.8 Å². The van der Waals surface area contributed by atoms with Gasteiger partial charge in [-0.3, -0.25) is 9.69 Å². The molecule has 2 aromatic heterocycles. The number of H-pyrrole nitrogens is 2. The lowest BCUT2D eigenvalue weighted by atomic mass is 9.97. The summed E-state index contributed by atoms with van der Waals surface area (Å²) in [6, 6.07) is 21.7. The van der Waals surface area contributed by atoms with Gasteiger partial charge in [0.2, 0.25) is 5.91 Å². The topological polar surface area (TPSA) is 119 Å². The number of fused-ring (bicyclic) bond motifs is 3. The first-order valence-electron chi connectivity index (χ1n) is 16.5. The minimum Gasteiger partial charge on any atom is -0.453 e. The highest BCUT2D eigenvalue weighted by Gasteiger charge is 2.49. The van der Waals surface area contributed by atoms with Crippen molar-refractivity contribution in [1.82, 2.24) is 35.1 Å². The molecule has 7 rings (SSSR count). The zero-order valence-electron chi connectivity index (χ0n) is 27.1. The van der Waals surface area contributed by atoms with Gasteiger partial charge in [0.25, 0.3) is 0 Å². The first-order chi connectivity index (χ1) is 22.9. The van der Waals surface area contributed by atoms with Gasteiger partial charge in [-0.05, 0) is 84.8 Å². The van der Waals surface area contributed by atoms with E-state index in [1.807, 2.05) is 17.3 Å². The van der Waals surface area contributed by atoms with Crippen LogP contribution in [-0.2, 0) is 16.1 Å². The monoisotopic (exact) mass is 631 g/mol. The van der Waals surface area contributed by atoms with Crippen molar-refractivity contribution in [2.75, 3.05) is 27.2 Å². The van der Waals surface area contributed by atoms with Crippen LogP contribution in [0, 0.1) is 5.92 Å². The summed E-state index contributed by atoms with van der Waals surface area (Å²) in [6.45, 7) is 3.96. The number of benzene rings is 3. The maximum atomic E-state index is 13.1. The van der Waals surface area contributed by atoms with Crippen molar-refractivity contribution in [3.05, 3.63) is 84.7 Å². The Bertz CT molecular complexity index is 1900. The first kappa shape index (κ1) is 30.7. The standard InChI is InChI=1S/C37H41N7O3/c1-4-15-43(2)22-33-38-19-31(41-33)24-7-5-23(6-8-24)25-9-10-27-17-28(12-11-26(27)16-25)32-20-39-36(42-32)35-29-13-14-30(18-29)44(35)34(45)21-40-37(46)47-3/h5-12,16-17,19-20,29-30,35H,4,13-15,18,21-22H2,1-3H3,(H,38,41)(H,39,42)(H,40,46)/t29-,30+,35-/m0/s1. The van der Waals surface area contributed by atoms with E-state index in [0.717, 1.165) is 94.8 Å². The highest BCUT2D eigenvalue weighted by Crippen LogP contribution is 2.49. The van der Waals surface area contributed by atoms with E-state index in [-0.39, 0.29) is 24.5 Å². The number of alkyl carbamates (subject to hydrolysis) is 1. The Morgan fingerprint density at radius 3 is 2.36 bits per heavy atom. The molecule has 2 amide bonds. The molecule has 1 saturated heterocycles. The van der Waals surface area contributed by atoms with E-state index in [0.29, 0.717) is 5.92 Å². The Morgan fingerprint density at radius 2 is 1.60 bits per heavy atom. The fraction of sp³-hybridized carbons (Fsp3) is 0.351. The minimum atomic E-state index is -0.605. The van der Waals surface area contributed by atoms with Crippen LogP contribution in [0.3, 0.4) is 0 Å². The van der Waals surface area contributed by atoms with Crippen LogP contribution in [0.4, 0.5) is 4.79 Å². The third-order valence-electron chi connectivity index (χ3n) is 9.65. The van der Waals surface area contributed by atoms with Crippen LogP contribution < -0.4 is 5.32 Å². The number of aromatic amines is 2. The van der Waals surface area contributed by atoms with E-state index in [1.54, 1.807) is 0 Å². The molecule has 0 radical (unpaired) electrons. The predicted molar refractivity (Wildman–Crippen MR) is 182 cm³/mol. The molecule has 1 saturated carbocycles.